The third-order valence-corrected chi connectivity index (χ3v) is 3.10. The normalized spacial score (nSPS) is 10.8. The highest BCUT2D eigenvalue weighted by atomic mass is 16.1. The molecule has 0 unspecified atom stereocenters. The lowest BCUT2D eigenvalue weighted by atomic mass is 10.2. The summed E-state index contributed by atoms with van der Waals surface area (Å²) >= 11 is 0. The fourth-order valence-corrected chi connectivity index (χ4v) is 2.11. The maximum absolute atomic E-state index is 12.1. The van der Waals surface area contributed by atoms with Crippen LogP contribution in [0.1, 0.15) is 16.1 Å². The zero-order valence-corrected chi connectivity index (χ0v) is 11.1. The maximum Gasteiger partial charge on any atom is 0.267 e. The van der Waals surface area contributed by atoms with Crippen molar-refractivity contribution in [1.29, 1.82) is 0 Å². The molecule has 102 valence electrons. The van der Waals surface area contributed by atoms with E-state index in [0.29, 0.717) is 17.9 Å². The van der Waals surface area contributed by atoms with Crippen LogP contribution in [-0.4, -0.2) is 20.7 Å². The molecule has 0 radical (unpaired) electrons. The first kappa shape index (κ1) is 12.3. The van der Waals surface area contributed by atoms with E-state index < -0.39 is 0 Å². The van der Waals surface area contributed by atoms with Gasteiger partial charge in [-0.2, -0.15) is 5.10 Å². The van der Waals surface area contributed by atoms with Crippen molar-refractivity contribution in [1.82, 2.24) is 20.1 Å². The summed E-state index contributed by atoms with van der Waals surface area (Å²) in [5.74, 6) is -0.149. The zero-order valence-electron chi connectivity index (χ0n) is 11.1. The second kappa shape index (κ2) is 4.73. The summed E-state index contributed by atoms with van der Waals surface area (Å²) in [6, 6.07) is 7.30. The Kier molecular flexibility index (Phi) is 2.90. The number of aromatic nitrogens is 3. The molecule has 0 saturated heterocycles. The Morgan fingerprint density at radius 3 is 3.05 bits per heavy atom. The van der Waals surface area contributed by atoms with Crippen molar-refractivity contribution >= 4 is 22.5 Å². The fraction of sp³-hybridized carbons (Fsp3) is 0.143. The molecule has 0 atom stereocenters. The summed E-state index contributed by atoms with van der Waals surface area (Å²) in [5.41, 5.74) is 8.78. The monoisotopic (exact) mass is 269 g/mol. The van der Waals surface area contributed by atoms with Crippen molar-refractivity contribution in [3.8, 4) is 0 Å². The van der Waals surface area contributed by atoms with Crippen LogP contribution in [0.2, 0.25) is 0 Å². The van der Waals surface area contributed by atoms with Crippen molar-refractivity contribution in [2.75, 3.05) is 5.73 Å². The van der Waals surface area contributed by atoms with Crippen LogP contribution in [0.4, 0.5) is 5.69 Å². The fourth-order valence-electron chi connectivity index (χ4n) is 2.11. The highest BCUT2D eigenvalue weighted by Gasteiger charge is 2.09. The minimum atomic E-state index is -0.149. The average molecular weight is 269 g/mol. The van der Waals surface area contributed by atoms with Crippen molar-refractivity contribution in [2.45, 2.75) is 6.54 Å². The molecule has 0 bridgehead atoms. The Morgan fingerprint density at radius 2 is 2.30 bits per heavy atom. The third kappa shape index (κ3) is 2.35. The number of nitrogens with two attached hydrogens (primary N) is 1. The lowest BCUT2D eigenvalue weighted by molar-refractivity contribution is 0.0947. The summed E-state index contributed by atoms with van der Waals surface area (Å²) < 4.78 is 1.70. The number of anilines is 1. The standard InChI is InChI=1S/C14H15N5O/c1-19-8-9(7-17-19)6-16-14(20)13-5-10-4-11(15)2-3-12(10)18-13/h2-5,7-8,18H,6,15H2,1H3,(H,16,20). The first-order valence-electron chi connectivity index (χ1n) is 6.26. The van der Waals surface area contributed by atoms with Gasteiger partial charge in [0.15, 0.2) is 0 Å². The number of rotatable bonds is 3. The van der Waals surface area contributed by atoms with Gasteiger partial charge in [-0.15, -0.1) is 0 Å². The second-order valence-electron chi connectivity index (χ2n) is 4.73. The second-order valence-corrected chi connectivity index (χ2v) is 4.73. The molecular formula is C14H15N5O. The van der Waals surface area contributed by atoms with Crippen LogP contribution in [0.5, 0.6) is 0 Å². The minimum absolute atomic E-state index is 0.149. The molecular weight excluding hydrogens is 254 g/mol. The summed E-state index contributed by atoms with van der Waals surface area (Å²) in [7, 11) is 1.84. The van der Waals surface area contributed by atoms with Crippen LogP contribution >= 0.6 is 0 Å². The molecule has 0 aliphatic heterocycles. The van der Waals surface area contributed by atoms with E-state index >= 15 is 0 Å². The van der Waals surface area contributed by atoms with E-state index in [1.54, 1.807) is 23.0 Å². The van der Waals surface area contributed by atoms with Crippen LogP contribution in [0.3, 0.4) is 0 Å². The molecule has 6 nitrogen and oxygen atoms in total. The number of benzene rings is 1. The Bertz CT molecular complexity index is 771. The number of fused-ring (bicyclic) bond motifs is 1. The van der Waals surface area contributed by atoms with E-state index in [9.17, 15) is 4.79 Å². The molecule has 1 amide bonds. The lowest BCUT2D eigenvalue weighted by Gasteiger charge is -2.00. The highest BCUT2D eigenvalue weighted by molar-refractivity contribution is 5.98. The molecule has 4 N–H and O–H groups in total. The van der Waals surface area contributed by atoms with Gasteiger partial charge in [0.1, 0.15) is 5.69 Å². The number of aryl methyl sites for hydroxylation is 1. The number of amides is 1. The minimum Gasteiger partial charge on any atom is -0.399 e. The van der Waals surface area contributed by atoms with E-state index in [4.69, 9.17) is 5.73 Å². The summed E-state index contributed by atoms with van der Waals surface area (Å²) in [4.78, 5) is 15.2. The molecule has 2 heterocycles. The van der Waals surface area contributed by atoms with Gasteiger partial charge in [0.25, 0.3) is 5.91 Å². The van der Waals surface area contributed by atoms with E-state index in [1.165, 1.54) is 0 Å². The predicted octanol–water partition coefficient (Wildman–Crippen LogP) is 1.41. The number of H-pyrrole nitrogens is 1. The molecule has 0 aliphatic carbocycles. The average Bonchev–Trinajstić information content (AvgIpc) is 3.01. The molecule has 6 heteroatoms. The number of nitrogens with one attached hydrogen (secondary N) is 2. The van der Waals surface area contributed by atoms with Gasteiger partial charge in [0.2, 0.25) is 0 Å². The number of aromatic amines is 1. The van der Waals surface area contributed by atoms with E-state index in [2.05, 4.69) is 15.4 Å². The van der Waals surface area contributed by atoms with Crippen molar-refractivity contribution in [2.24, 2.45) is 7.05 Å². The smallest absolute Gasteiger partial charge is 0.267 e. The lowest BCUT2D eigenvalue weighted by Crippen LogP contribution is -2.22. The number of hydrogen-bond acceptors (Lipinski definition) is 3. The molecule has 0 spiro atoms. The number of hydrogen-bond donors (Lipinski definition) is 3. The van der Waals surface area contributed by atoms with Crippen LogP contribution in [0.25, 0.3) is 10.9 Å². The Labute approximate surface area is 115 Å². The SMILES string of the molecule is Cn1cc(CNC(=O)c2cc3cc(N)ccc3[nH]2)cn1. The number of carbonyl (C=O) groups excluding carboxylic acids is 1. The molecule has 0 saturated carbocycles. The number of nitrogens with zero attached hydrogens (tertiary/aromatic N) is 2. The van der Waals surface area contributed by atoms with Gasteiger partial charge in [0, 0.05) is 41.9 Å². The maximum atomic E-state index is 12.1. The Hall–Kier alpha value is -2.76. The van der Waals surface area contributed by atoms with Gasteiger partial charge in [0.05, 0.1) is 6.20 Å². The van der Waals surface area contributed by atoms with Gasteiger partial charge >= 0.3 is 0 Å². The molecule has 0 aliphatic rings. The predicted molar refractivity (Wildman–Crippen MR) is 77.1 cm³/mol. The Morgan fingerprint density at radius 1 is 1.45 bits per heavy atom. The summed E-state index contributed by atoms with van der Waals surface area (Å²) in [5, 5.41) is 7.83. The van der Waals surface area contributed by atoms with Crippen LogP contribution in [-0.2, 0) is 13.6 Å². The molecule has 3 rings (SSSR count). The number of carbonyl (C=O) groups is 1. The largest absolute Gasteiger partial charge is 0.399 e. The van der Waals surface area contributed by atoms with E-state index in [-0.39, 0.29) is 5.91 Å². The summed E-state index contributed by atoms with van der Waals surface area (Å²) in [6.45, 7) is 0.449. The van der Waals surface area contributed by atoms with Crippen molar-refractivity contribution in [3.05, 3.63) is 47.9 Å². The van der Waals surface area contributed by atoms with Crippen LogP contribution < -0.4 is 11.1 Å². The van der Waals surface area contributed by atoms with Gasteiger partial charge < -0.3 is 16.0 Å². The van der Waals surface area contributed by atoms with E-state index in [1.807, 2.05) is 25.4 Å². The van der Waals surface area contributed by atoms with E-state index in [0.717, 1.165) is 16.5 Å². The molecule has 20 heavy (non-hydrogen) atoms. The Balaban J connectivity index is 1.75. The highest BCUT2D eigenvalue weighted by Crippen LogP contribution is 2.18. The number of nitrogen functional groups attached to an aromatic ring is 1. The quantitative estimate of drug-likeness (QED) is 0.628. The van der Waals surface area contributed by atoms with Gasteiger partial charge in [-0.25, -0.2) is 0 Å². The van der Waals surface area contributed by atoms with Crippen LogP contribution in [0, 0.1) is 0 Å². The first-order chi connectivity index (χ1) is 9.61. The van der Waals surface area contributed by atoms with Crippen LogP contribution in [0.15, 0.2) is 36.7 Å². The van der Waals surface area contributed by atoms with Gasteiger partial charge in [-0.05, 0) is 24.3 Å². The summed E-state index contributed by atoms with van der Waals surface area (Å²) in [6.07, 6.45) is 3.60. The zero-order chi connectivity index (χ0) is 14.1. The van der Waals surface area contributed by atoms with Gasteiger partial charge in [-0.1, -0.05) is 0 Å². The topological polar surface area (TPSA) is 88.7 Å². The van der Waals surface area contributed by atoms with Gasteiger partial charge in [-0.3, -0.25) is 9.48 Å². The molecule has 2 aromatic heterocycles. The molecule has 1 aromatic carbocycles. The third-order valence-electron chi connectivity index (χ3n) is 3.10. The molecule has 0 fully saturated rings. The molecule has 3 aromatic rings. The van der Waals surface area contributed by atoms with Crippen molar-refractivity contribution in [3.63, 3.8) is 0 Å². The van der Waals surface area contributed by atoms with Crippen molar-refractivity contribution < 1.29 is 4.79 Å². The first-order valence-corrected chi connectivity index (χ1v) is 6.26.